The van der Waals surface area contributed by atoms with Gasteiger partial charge in [0.15, 0.2) is 9.84 Å². The van der Waals surface area contributed by atoms with E-state index in [4.69, 9.17) is 11.6 Å². The Morgan fingerprint density at radius 1 is 1.40 bits per heavy atom. The van der Waals surface area contributed by atoms with Crippen molar-refractivity contribution in [3.05, 3.63) is 28.5 Å². The molecule has 0 spiro atoms. The number of hydrogen-bond acceptors (Lipinski definition) is 3. The number of pyridine rings is 1. The van der Waals surface area contributed by atoms with E-state index < -0.39 is 21.6 Å². The zero-order valence-corrected chi connectivity index (χ0v) is 12.0. The molecule has 0 aliphatic carbocycles. The molecule has 2 heterocycles. The average molecular weight is 328 g/mol. The third kappa shape index (κ3) is 3.85. The van der Waals surface area contributed by atoms with Gasteiger partial charge in [0.25, 0.3) is 0 Å². The Morgan fingerprint density at radius 2 is 2.10 bits per heavy atom. The van der Waals surface area contributed by atoms with Crippen LogP contribution >= 0.6 is 11.6 Å². The number of halogens is 4. The lowest BCUT2D eigenvalue weighted by molar-refractivity contribution is -0.137. The Balaban J connectivity index is 2.14. The summed E-state index contributed by atoms with van der Waals surface area (Å²) in [4.78, 5) is 3.74. The van der Waals surface area contributed by atoms with Gasteiger partial charge in [0, 0.05) is 6.20 Å². The van der Waals surface area contributed by atoms with Crippen molar-refractivity contribution >= 4 is 21.4 Å². The summed E-state index contributed by atoms with van der Waals surface area (Å²) in [5.41, 5.74) is -0.579. The lowest BCUT2D eigenvalue weighted by Crippen LogP contribution is -2.26. The minimum absolute atomic E-state index is 0.0476. The minimum Gasteiger partial charge on any atom is -0.259 e. The highest BCUT2D eigenvalue weighted by Gasteiger charge is 2.32. The van der Waals surface area contributed by atoms with Crippen LogP contribution in [0.2, 0.25) is 5.02 Å². The van der Waals surface area contributed by atoms with Crippen molar-refractivity contribution in [1.82, 2.24) is 4.98 Å². The van der Waals surface area contributed by atoms with Gasteiger partial charge in [-0.2, -0.15) is 13.2 Å². The Labute approximate surface area is 120 Å². The van der Waals surface area contributed by atoms with Crippen LogP contribution in [-0.4, -0.2) is 24.9 Å². The van der Waals surface area contributed by atoms with Gasteiger partial charge in [-0.3, -0.25) is 4.98 Å². The summed E-state index contributed by atoms with van der Waals surface area (Å²) in [7, 11) is -3.05. The van der Waals surface area contributed by atoms with Gasteiger partial charge in [0.1, 0.15) is 0 Å². The second-order valence-corrected chi connectivity index (χ2v) is 7.61. The maximum Gasteiger partial charge on any atom is 0.417 e. The zero-order valence-electron chi connectivity index (χ0n) is 10.5. The van der Waals surface area contributed by atoms with E-state index in [0.29, 0.717) is 12.1 Å². The van der Waals surface area contributed by atoms with E-state index in [2.05, 4.69) is 4.98 Å². The molecule has 20 heavy (non-hydrogen) atoms. The molecule has 0 amide bonds. The second-order valence-electron chi connectivity index (χ2n) is 4.98. The van der Waals surface area contributed by atoms with Crippen LogP contribution in [0.15, 0.2) is 12.3 Å². The van der Waals surface area contributed by atoms with E-state index in [9.17, 15) is 21.6 Å². The number of aromatic nitrogens is 1. The van der Waals surface area contributed by atoms with Crippen LogP contribution < -0.4 is 0 Å². The smallest absolute Gasteiger partial charge is 0.259 e. The van der Waals surface area contributed by atoms with Crippen LogP contribution in [0.5, 0.6) is 0 Å². The van der Waals surface area contributed by atoms with Crippen LogP contribution in [0.3, 0.4) is 0 Å². The highest BCUT2D eigenvalue weighted by Crippen LogP contribution is 2.32. The number of rotatable bonds is 2. The standard InChI is InChI=1S/C12H13ClF3NO2S/c13-10-5-9(12(14,15)16)6-17-11(10)4-8-2-1-3-20(18,19)7-8/h5-6,8H,1-4,7H2/t8-/m1/s1. The lowest BCUT2D eigenvalue weighted by atomic mass is 9.99. The number of sulfone groups is 1. The summed E-state index contributed by atoms with van der Waals surface area (Å²) in [6, 6.07) is 0.835. The molecule has 1 aliphatic rings. The van der Waals surface area contributed by atoms with Crippen LogP contribution in [0.25, 0.3) is 0 Å². The van der Waals surface area contributed by atoms with E-state index >= 15 is 0 Å². The van der Waals surface area contributed by atoms with E-state index in [-0.39, 0.29) is 28.9 Å². The molecule has 0 unspecified atom stereocenters. The summed E-state index contributed by atoms with van der Waals surface area (Å²) in [5.74, 6) is 0.0967. The zero-order chi connectivity index (χ0) is 15.0. The molecule has 0 bridgehead atoms. The van der Waals surface area contributed by atoms with Gasteiger partial charge in [-0.25, -0.2) is 8.42 Å². The van der Waals surface area contributed by atoms with Gasteiger partial charge < -0.3 is 0 Å². The summed E-state index contributed by atoms with van der Waals surface area (Å²) in [5, 5.41) is -0.0669. The quantitative estimate of drug-likeness (QED) is 0.838. The summed E-state index contributed by atoms with van der Waals surface area (Å²) in [6.07, 6.45) is -2.17. The molecule has 0 N–H and O–H groups in total. The monoisotopic (exact) mass is 327 g/mol. The van der Waals surface area contributed by atoms with Crippen molar-refractivity contribution in [2.45, 2.75) is 25.4 Å². The molecule has 1 saturated heterocycles. The fourth-order valence-corrected chi connectivity index (χ4v) is 4.34. The van der Waals surface area contributed by atoms with Gasteiger partial charge in [-0.15, -0.1) is 0 Å². The molecular formula is C12H13ClF3NO2S. The minimum atomic E-state index is -4.48. The molecule has 1 aromatic rings. The van der Waals surface area contributed by atoms with Gasteiger partial charge in [-0.05, 0) is 31.2 Å². The fourth-order valence-electron chi connectivity index (χ4n) is 2.32. The molecule has 112 valence electrons. The Morgan fingerprint density at radius 3 is 2.65 bits per heavy atom. The molecule has 1 atom stereocenters. The summed E-state index contributed by atoms with van der Waals surface area (Å²) < 4.78 is 60.5. The van der Waals surface area contributed by atoms with Gasteiger partial charge in [0.05, 0.1) is 27.8 Å². The SMILES string of the molecule is O=S1(=O)CCC[C@H](Cc2ncc(C(F)(F)F)cc2Cl)C1. The van der Waals surface area contributed by atoms with Crippen molar-refractivity contribution < 1.29 is 21.6 Å². The third-order valence-electron chi connectivity index (χ3n) is 3.28. The van der Waals surface area contributed by atoms with Crippen LogP contribution in [-0.2, 0) is 22.4 Å². The molecule has 0 radical (unpaired) electrons. The largest absolute Gasteiger partial charge is 0.417 e. The molecule has 1 aliphatic heterocycles. The second kappa shape index (κ2) is 5.52. The van der Waals surface area contributed by atoms with E-state index in [1.165, 1.54) is 0 Å². The Kier molecular flexibility index (Phi) is 4.30. The maximum absolute atomic E-state index is 12.5. The fraction of sp³-hybridized carbons (Fsp3) is 0.583. The van der Waals surface area contributed by atoms with Crippen molar-refractivity contribution in [2.24, 2.45) is 5.92 Å². The van der Waals surface area contributed by atoms with E-state index in [1.54, 1.807) is 0 Å². The number of hydrogen-bond donors (Lipinski definition) is 0. The Hall–Kier alpha value is -0.820. The maximum atomic E-state index is 12.5. The van der Waals surface area contributed by atoms with Crippen LogP contribution in [0.4, 0.5) is 13.2 Å². The highest BCUT2D eigenvalue weighted by molar-refractivity contribution is 7.91. The third-order valence-corrected chi connectivity index (χ3v) is 5.50. The predicted octanol–water partition coefficient (Wildman–Crippen LogP) is 3.12. The summed E-state index contributed by atoms with van der Waals surface area (Å²) >= 11 is 5.81. The molecule has 2 rings (SSSR count). The molecule has 8 heteroatoms. The lowest BCUT2D eigenvalue weighted by Gasteiger charge is -2.22. The van der Waals surface area contributed by atoms with E-state index in [0.717, 1.165) is 18.7 Å². The first-order chi connectivity index (χ1) is 9.17. The predicted molar refractivity (Wildman–Crippen MR) is 69.3 cm³/mol. The topological polar surface area (TPSA) is 47.0 Å². The van der Waals surface area contributed by atoms with Crippen molar-refractivity contribution in [2.75, 3.05) is 11.5 Å². The molecule has 3 nitrogen and oxygen atoms in total. The van der Waals surface area contributed by atoms with Crippen molar-refractivity contribution in [1.29, 1.82) is 0 Å². The number of alkyl halides is 3. The first-order valence-electron chi connectivity index (χ1n) is 6.09. The normalized spacial score (nSPS) is 22.7. The van der Waals surface area contributed by atoms with Gasteiger partial charge >= 0.3 is 6.18 Å². The van der Waals surface area contributed by atoms with Crippen LogP contribution in [0, 0.1) is 5.92 Å². The van der Waals surface area contributed by atoms with Crippen molar-refractivity contribution in [3.8, 4) is 0 Å². The molecule has 0 aromatic carbocycles. The molecule has 1 fully saturated rings. The van der Waals surface area contributed by atoms with Gasteiger partial charge in [-0.1, -0.05) is 11.6 Å². The number of nitrogens with zero attached hydrogens (tertiary/aromatic N) is 1. The average Bonchev–Trinajstić information content (AvgIpc) is 2.29. The Bertz CT molecular complexity index is 601. The van der Waals surface area contributed by atoms with Crippen molar-refractivity contribution in [3.63, 3.8) is 0 Å². The molecule has 1 aromatic heterocycles. The summed E-state index contributed by atoms with van der Waals surface area (Å²) in [6.45, 7) is 0. The van der Waals surface area contributed by atoms with Gasteiger partial charge in [0.2, 0.25) is 0 Å². The first kappa shape index (κ1) is 15.6. The molecular weight excluding hydrogens is 315 g/mol. The van der Waals surface area contributed by atoms with E-state index in [1.807, 2.05) is 0 Å². The first-order valence-corrected chi connectivity index (χ1v) is 8.29. The van der Waals surface area contributed by atoms with Crippen LogP contribution in [0.1, 0.15) is 24.1 Å². The highest BCUT2D eigenvalue weighted by atomic mass is 35.5. The molecule has 0 saturated carbocycles.